The average Bonchev–Trinajstić information content (AvgIpc) is 2.57. The quantitative estimate of drug-likeness (QED) is 0.630. The number of carbonyl (C=O) groups excluding carboxylic acids is 1. The second-order valence-electron chi connectivity index (χ2n) is 4.64. The van der Waals surface area contributed by atoms with E-state index < -0.39 is 0 Å². The van der Waals surface area contributed by atoms with Crippen LogP contribution in [0.2, 0.25) is 0 Å². The maximum Gasteiger partial charge on any atom is 0.257 e. The van der Waals surface area contributed by atoms with Crippen molar-refractivity contribution in [1.29, 1.82) is 0 Å². The molecule has 120 valence electrons. The molecule has 0 spiro atoms. The number of thiocarbonyl (C=S) groups is 1. The van der Waals surface area contributed by atoms with Crippen molar-refractivity contribution in [2.24, 2.45) is 0 Å². The molecule has 0 atom stereocenters. The Balaban J connectivity index is 1.84. The van der Waals surface area contributed by atoms with Crippen LogP contribution in [0.1, 0.15) is 10.4 Å². The van der Waals surface area contributed by atoms with Gasteiger partial charge in [0.25, 0.3) is 5.91 Å². The van der Waals surface area contributed by atoms with E-state index in [2.05, 4.69) is 10.6 Å². The second kappa shape index (κ2) is 8.87. The van der Waals surface area contributed by atoms with Crippen LogP contribution in [0.4, 0.5) is 5.69 Å². The molecule has 2 rings (SSSR count). The van der Waals surface area contributed by atoms with Crippen molar-refractivity contribution < 1.29 is 14.3 Å². The van der Waals surface area contributed by atoms with E-state index in [4.69, 9.17) is 21.7 Å². The summed E-state index contributed by atoms with van der Waals surface area (Å²) in [6.07, 6.45) is 0. The molecule has 0 heterocycles. The Kier molecular flexibility index (Phi) is 6.53. The van der Waals surface area contributed by atoms with Crippen LogP contribution in [0.5, 0.6) is 5.75 Å². The molecule has 0 aliphatic carbocycles. The van der Waals surface area contributed by atoms with E-state index in [1.165, 1.54) is 0 Å². The van der Waals surface area contributed by atoms with Gasteiger partial charge in [-0.05, 0) is 48.6 Å². The molecule has 0 saturated carbocycles. The number of benzene rings is 2. The van der Waals surface area contributed by atoms with Crippen LogP contribution in [-0.4, -0.2) is 31.3 Å². The molecule has 23 heavy (non-hydrogen) atoms. The average molecular weight is 330 g/mol. The molecule has 0 unspecified atom stereocenters. The number of hydrogen-bond donors (Lipinski definition) is 2. The van der Waals surface area contributed by atoms with Gasteiger partial charge in [-0.1, -0.05) is 18.2 Å². The minimum Gasteiger partial charge on any atom is -0.491 e. The highest BCUT2D eigenvalue weighted by molar-refractivity contribution is 7.80. The molecule has 2 aromatic rings. The number of methoxy groups -OCH3 is 1. The molecular weight excluding hydrogens is 312 g/mol. The van der Waals surface area contributed by atoms with Gasteiger partial charge in [-0.2, -0.15) is 0 Å². The summed E-state index contributed by atoms with van der Waals surface area (Å²) in [5, 5.41) is 5.83. The second-order valence-corrected chi connectivity index (χ2v) is 5.05. The van der Waals surface area contributed by atoms with Crippen molar-refractivity contribution in [2.75, 3.05) is 25.6 Å². The fraction of sp³-hybridized carbons (Fsp3) is 0.176. The van der Waals surface area contributed by atoms with E-state index in [9.17, 15) is 4.79 Å². The molecule has 0 fully saturated rings. The number of rotatable bonds is 6. The van der Waals surface area contributed by atoms with Gasteiger partial charge in [0, 0.05) is 18.4 Å². The molecule has 2 aromatic carbocycles. The minimum absolute atomic E-state index is 0.243. The maximum absolute atomic E-state index is 12.0. The Morgan fingerprint density at radius 3 is 2.39 bits per heavy atom. The fourth-order valence-electron chi connectivity index (χ4n) is 1.80. The fourth-order valence-corrected chi connectivity index (χ4v) is 2.02. The van der Waals surface area contributed by atoms with Crippen LogP contribution in [0, 0.1) is 0 Å². The van der Waals surface area contributed by atoms with Gasteiger partial charge < -0.3 is 14.8 Å². The summed E-state index contributed by atoms with van der Waals surface area (Å²) in [5.41, 5.74) is 1.32. The lowest BCUT2D eigenvalue weighted by Gasteiger charge is -2.10. The van der Waals surface area contributed by atoms with Crippen LogP contribution in [0.15, 0.2) is 54.6 Å². The standard InChI is InChI=1S/C17H18N2O3S/c1-21-11-12-22-15-9-7-14(8-10-15)18-17(23)19-16(20)13-5-3-2-4-6-13/h2-10H,11-12H2,1H3,(H2,18,19,20,23). The summed E-state index contributed by atoms with van der Waals surface area (Å²) in [4.78, 5) is 12.0. The molecule has 2 N–H and O–H groups in total. The van der Waals surface area contributed by atoms with Crippen LogP contribution in [0.25, 0.3) is 0 Å². The summed E-state index contributed by atoms with van der Waals surface area (Å²) in [7, 11) is 1.63. The van der Waals surface area contributed by atoms with Crippen molar-refractivity contribution in [1.82, 2.24) is 5.32 Å². The monoisotopic (exact) mass is 330 g/mol. The Morgan fingerprint density at radius 1 is 1.04 bits per heavy atom. The Hall–Kier alpha value is -2.44. The number of hydrogen-bond acceptors (Lipinski definition) is 4. The number of ether oxygens (including phenoxy) is 2. The predicted octanol–water partition coefficient (Wildman–Crippen LogP) is 2.84. The van der Waals surface area contributed by atoms with Gasteiger partial charge in [-0.15, -0.1) is 0 Å². The van der Waals surface area contributed by atoms with Crippen LogP contribution < -0.4 is 15.4 Å². The topological polar surface area (TPSA) is 59.6 Å². The lowest BCUT2D eigenvalue weighted by Crippen LogP contribution is -2.34. The summed E-state index contributed by atoms with van der Waals surface area (Å²) in [6.45, 7) is 1.03. The minimum atomic E-state index is -0.248. The Bertz CT molecular complexity index is 645. The summed E-state index contributed by atoms with van der Waals surface area (Å²) in [5.74, 6) is 0.495. The lowest BCUT2D eigenvalue weighted by atomic mass is 10.2. The highest BCUT2D eigenvalue weighted by atomic mass is 32.1. The number of amides is 1. The molecule has 0 saturated heterocycles. The summed E-state index contributed by atoms with van der Waals surface area (Å²) < 4.78 is 10.4. The number of nitrogens with one attached hydrogen (secondary N) is 2. The van der Waals surface area contributed by atoms with Crippen molar-refractivity contribution in [3.63, 3.8) is 0 Å². The van der Waals surface area contributed by atoms with Gasteiger partial charge in [0.1, 0.15) is 12.4 Å². The molecule has 1 amide bonds. The first-order chi connectivity index (χ1) is 11.2. The largest absolute Gasteiger partial charge is 0.491 e. The van der Waals surface area contributed by atoms with Crippen molar-refractivity contribution >= 4 is 28.9 Å². The predicted molar refractivity (Wildman–Crippen MR) is 93.9 cm³/mol. The van der Waals surface area contributed by atoms with Crippen LogP contribution in [0.3, 0.4) is 0 Å². The third kappa shape index (κ3) is 5.69. The van der Waals surface area contributed by atoms with Gasteiger partial charge in [-0.25, -0.2) is 0 Å². The molecule has 0 aliphatic heterocycles. The third-order valence-electron chi connectivity index (χ3n) is 2.93. The van der Waals surface area contributed by atoms with Crippen molar-refractivity contribution in [3.8, 4) is 5.75 Å². The summed E-state index contributed by atoms with van der Waals surface area (Å²) in [6, 6.07) is 16.2. The zero-order chi connectivity index (χ0) is 16.5. The Labute approximate surface area is 140 Å². The van der Waals surface area contributed by atoms with Gasteiger partial charge >= 0.3 is 0 Å². The highest BCUT2D eigenvalue weighted by Gasteiger charge is 2.07. The van der Waals surface area contributed by atoms with Gasteiger partial charge in [0.05, 0.1) is 6.61 Å². The molecular formula is C17H18N2O3S. The highest BCUT2D eigenvalue weighted by Crippen LogP contribution is 2.15. The van der Waals surface area contributed by atoms with Crippen LogP contribution in [-0.2, 0) is 4.74 Å². The number of carbonyl (C=O) groups is 1. The Morgan fingerprint density at radius 2 is 1.74 bits per heavy atom. The molecule has 0 aromatic heterocycles. The van der Waals surface area contributed by atoms with E-state index in [1.807, 2.05) is 30.3 Å². The number of anilines is 1. The van der Waals surface area contributed by atoms with E-state index in [0.717, 1.165) is 11.4 Å². The first kappa shape index (κ1) is 16.9. The van der Waals surface area contributed by atoms with Gasteiger partial charge in [0.15, 0.2) is 5.11 Å². The van der Waals surface area contributed by atoms with Crippen molar-refractivity contribution in [3.05, 3.63) is 60.2 Å². The van der Waals surface area contributed by atoms with Crippen molar-refractivity contribution in [2.45, 2.75) is 0 Å². The third-order valence-corrected chi connectivity index (χ3v) is 3.14. The molecule has 5 nitrogen and oxygen atoms in total. The zero-order valence-corrected chi connectivity index (χ0v) is 13.6. The van der Waals surface area contributed by atoms with E-state index in [-0.39, 0.29) is 11.0 Å². The van der Waals surface area contributed by atoms with E-state index >= 15 is 0 Å². The lowest BCUT2D eigenvalue weighted by molar-refractivity contribution is 0.0977. The van der Waals surface area contributed by atoms with Crippen LogP contribution >= 0.6 is 12.2 Å². The first-order valence-electron chi connectivity index (χ1n) is 7.08. The van der Waals surface area contributed by atoms with Gasteiger partial charge in [0.2, 0.25) is 0 Å². The van der Waals surface area contributed by atoms with E-state index in [1.54, 1.807) is 31.4 Å². The maximum atomic E-state index is 12.0. The normalized spacial score (nSPS) is 9.96. The molecule has 0 aliphatic rings. The summed E-state index contributed by atoms with van der Waals surface area (Å²) >= 11 is 5.14. The molecule has 0 radical (unpaired) electrons. The molecule has 6 heteroatoms. The first-order valence-corrected chi connectivity index (χ1v) is 7.49. The van der Waals surface area contributed by atoms with E-state index in [0.29, 0.717) is 18.8 Å². The zero-order valence-electron chi connectivity index (χ0n) is 12.7. The smallest absolute Gasteiger partial charge is 0.257 e. The SMILES string of the molecule is COCCOc1ccc(NC(=S)NC(=O)c2ccccc2)cc1. The van der Waals surface area contributed by atoms with Gasteiger partial charge in [-0.3, -0.25) is 10.1 Å². The molecule has 0 bridgehead atoms.